The summed E-state index contributed by atoms with van der Waals surface area (Å²) in [6.45, 7) is 0.701. The van der Waals surface area contributed by atoms with E-state index in [4.69, 9.17) is 0 Å². The van der Waals surface area contributed by atoms with Crippen molar-refractivity contribution in [2.75, 3.05) is 6.54 Å². The Balaban J connectivity index is 1.61. The van der Waals surface area contributed by atoms with Crippen molar-refractivity contribution in [1.29, 1.82) is 0 Å². The van der Waals surface area contributed by atoms with Crippen LogP contribution in [0.15, 0.2) is 24.5 Å². The lowest BCUT2D eigenvalue weighted by Crippen LogP contribution is -2.39. The molecule has 2 aliphatic rings. The molecular weight excluding hydrogens is 286 g/mol. The molecule has 3 rings (SSSR count). The maximum Gasteiger partial charge on any atom is 0.251 e. The highest BCUT2D eigenvalue weighted by Crippen LogP contribution is 2.42. The molecule has 1 amide bonds. The number of amides is 1. The predicted molar refractivity (Wildman–Crippen MR) is 79.6 cm³/mol. The molecule has 0 bridgehead atoms. The number of carbonyl (C=O) groups excluding carboxylic acids is 1. The third-order valence-electron chi connectivity index (χ3n) is 5.00. The monoisotopic (exact) mass is 308 g/mol. The minimum atomic E-state index is -2.66. The van der Waals surface area contributed by atoms with Gasteiger partial charge in [-0.2, -0.15) is 0 Å². The molecule has 3 nitrogen and oxygen atoms in total. The lowest BCUT2D eigenvalue weighted by molar-refractivity contribution is -0.136. The summed E-state index contributed by atoms with van der Waals surface area (Å²) in [5.74, 6) is -3.51. The Hall–Kier alpha value is -1.52. The van der Waals surface area contributed by atoms with Crippen LogP contribution in [0.1, 0.15) is 44.1 Å². The predicted octanol–water partition coefficient (Wildman–Crippen LogP) is 3.44. The van der Waals surface area contributed by atoms with Crippen molar-refractivity contribution >= 4 is 5.91 Å². The molecular formula is C17H22F2N2O. The molecule has 5 heteroatoms. The third kappa shape index (κ3) is 3.28. The second-order valence-corrected chi connectivity index (χ2v) is 6.50. The summed E-state index contributed by atoms with van der Waals surface area (Å²) >= 11 is 0. The molecule has 2 atom stereocenters. The van der Waals surface area contributed by atoms with Gasteiger partial charge in [0.05, 0.1) is 0 Å². The van der Waals surface area contributed by atoms with Crippen molar-refractivity contribution in [3.05, 3.63) is 30.1 Å². The molecule has 0 aromatic carbocycles. The zero-order valence-corrected chi connectivity index (χ0v) is 12.7. The van der Waals surface area contributed by atoms with Gasteiger partial charge in [0.1, 0.15) is 0 Å². The highest BCUT2D eigenvalue weighted by Gasteiger charge is 2.45. The molecule has 1 saturated heterocycles. The molecule has 1 saturated carbocycles. The Morgan fingerprint density at radius 1 is 1.27 bits per heavy atom. The van der Waals surface area contributed by atoms with Crippen LogP contribution in [0.4, 0.5) is 8.78 Å². The number of halogens is 2. The third-order valence-corrected chi connectivity index (χ3v) is 5.00. The van der Waals surface area contributed by atoms with E-state index in [1.165, 1.54) is 0 Å². The van der Waals surface area contributed by atoms with Crippen LogP contribution in [0.2, 0.25) is 0 Å². The summed E-state index contributed by atoms with van der Waals surface area (Å²) in [7, 11) is 0. The normalized spacial score (nSPS) is 27.3. The van der Waals surface area contributed by atoms with E-state index >= 15 is 0 Å². The summed E-state index contributed by atoms with van der Waals surface area (Å²) < 4.78 is 27.4. The number of carbonyl (C=O) groups is 1. The Morgan fingerprint density at radius 2 is 2.05 bits per heavy atom. The van der Waals surface area contributed by atoms with Crippen LogP contribution in [0.3, 0.4) is 0 Å². The van der Waals surface area contributed by atoms with Crippen LogP contribution >= 0.6 is 0 Å². The van der Waals surface area contributed by atoms with Gasteiger partial charge >= 0.3 is 0 Å². The van der Waals surface area contributed by atoms with Gasteiger partial charge in [0.2, 0.25) is 5.91 Å². The van der Waals surface area contributed by atoms with E-state index in [2.05, 4.69) is 4.98 Å². The first-order valence-corrected chi connectivity index (χ1v) is 8.12. The zero-order chi connectivity index (χ0) is 15.6. The summed E-state index contributed by atoms with van der Waals surface area (Å²) in [6, 6.07) is 4.04. The van der Waals surface area contributed by atoms with Crippen LogP contribution < -0.4 is 0 Å². The molecule has 1 aliphatic heterocycles. The molecule has 0 radical (unpaired) electrons. The first kappa shape index (κ1) is 15.4. The highest BCUT2D eigenvalue weighted by molar-refractivity contribution is 5.77. The number of pyridine rings is 1. The van der Waals surface area contributed by atoms with Crippen molar-refractivity contribution in [2.24, 2.45) is 5.92 Å². The SMILES string of the molecule is O=C(CC1CCCC1(F)F)N1CCCC1Cc1ccncc1. The summed E-state index contributed by atoms with van der Waals surface area (Å²) in [5, 5.41) is 0. The van der Waals surface area contributed by atoms with Gasteiger partial charge in [-0.3, -0.25) is 9.78 Å². The molecule has 1 aromatic heterocycles. The topological polar surface area (TPSA) is 33.2 Å². The number of aromatic nitrogens is 1. The molecule has 0 spiro atoms. The van der Waals surface area contributed by atoms with E-state index in [0.29, 0.717) is 19.4 Å². The fourth-order valence-corrected chi connectivity index (χ4v) is 3.75. The minimum Gasteiger partial charge on any atom is -0.339 e. The lowest BCUT2D eigenvalue weighted by atomic mass is 9.99. The van der Waals surface area contributed by atoms with Crippen LogP contribution in [0.25, 0.3) is 0 Å². The molecule has 120 valence electrons. The first-order chi connectivity index (χ1) is 10.6. The quantitative estimate of drug-likeness (QED) is 0.853. The maximum absolute atomic E-state index is 13.7. The van der Waals surface area contributed by atoms with Crippen LogP contribution in [-0.4, -0.2) is 34.3 Å². The van der Waals surface area contributed by atoms with Crippen molar-refractivity contribution in [3.8, 4) is 0 Å². The Kier molecular flexibility index (Phi) is 4.41. The van der Waals surface area contributed by atoms with E-state index in [1.54, 1.807) is 12.4 Å². The number of alkyl halides is 2. The van der Waals surface area contributed by atoms with Crippen molar-refractivity contribution < 1.29 is 13.6 Å². The van der Waals surface area contributed by atoms with Crippen molar-refractivity contribution in [1.82, 2.24) is 9.88 Å². The Bertz CT molecular complexity index is 521. The van der Waals surface area contributed by atoms with Gasteiger partial charge in [-0.25, -0.2) is 8.78 Å². The standard InChI is InChI=1S/C17H22F2N2O/c18-17(19)7-1-3-14(17)12-16(22)21-10-2-4-15(21)11-13-5-8-20-9-6-13/h5-6,8-9,14-15H,1-4,7,10-12H2. The fraction of sp³-hybridized carbons (Fsp3) is 0.647. The van der Waals surface area contributed by atoms with Crippen molar-refractivity contribution in [3.63, 3.8) is 0 Å². The van der Waals surface area contributed by atoms with Gasteiger partial charge < -0.3 is 4.90 Å². The smallest absolute Gasteiger partial charge is 0.251 e. The van der Waals surface area contributed by atoms with Gasteiger partial charge in [-0.05, 0) is 49.8 Å². The second kappa shape index (κ2) is 6.31. The summed E-state index contributed by atoms with van der Waals surface area (Å²) in [5.41, 5.74) is 1.14. The van der Waals surface area contributed by atoms with Gasteiger partial charge in [0.25, 0.3) is 5.92 Å². The van der Waals surface area contributed by atoms with Gasteiger partial charge in [-0.1, -0.05) is 0 Å². The average Bonchev–Trinajstić information content (AvgIpc) is 3.07. The lowest BCUT2D eigenvalue weighted by Gasteiger charge is -2.27. The van der Waals surface area contributed by atoms with E-state index in [9.17, 15) is 13.6 Å². The molecule has 2 heterocycles. The zero-order valence-electron chi connectivity index (χ0n) is 12.7. The Labute approximate surface area is 129 Å². The summed E-state index contributed by atoms with van der Waals surface area (Å²) in [4.78, 5) is 18.3. The number of likely N-dealkylation sites (tertiary alicyclic amines) is 1. The van der Waals surface area contributed by atoms with Crippen LogP contribution in [-0.2, 0) is 11.2 Å². The van der Waals surface area contributed by atoms with Crippen LogP contribution in [0, 0.1) is 5.92 Å². The van der Waals surface area contributed by atoms with Crippen molar-refractivity contribution in [2.45, 2.75) is 56.9 Å². The van der Waals surface area contributed by atoms with Gasteiger partial charge in [0, 0.05) is 43.7 Å². The molecule has 22 heavy (non-hydrogen) atoms. The number of hydrogen-bond acceptors (Lipinski definition) is 2. The molecule has 2 unspecified atom stereocenters. The average molecular weight is 308 g/mol. The van der Waals surface area contributed by atoms with E-state index in [0.717, 1.165) is 24.8 Å². The minimum absolute atomic E-state index is 0.000154. The molecule has 0 N–H and O–H groups in total. The van der Waals surface area contributed by atoms with E-state index in [1.807, 2.05) is 17.0 Å². The van der Waals surface area contributed by atoms with Gasteiger partial charge in [-0.15, -0.1) is 0 Å². The number of rotatable bonds is 4. The van der Waals surface area contributed by atoms with Crippen LogP contribution in [0.5, 0.6) is 0 Å². The Morgan fingerprint density at radius 3 is 2.73 bits per heavy atom. The number of hydrogen-bond donors (Lipinski definition) is 0. The molecule has 1 aromatic rings. The number of nitrogens with zero attached hydrogens (tertiary/aromatic N) is 2. The summed E-state index contributed by atoms with van der Waals surface area (Å²) in [6.07, 6.45) is 7.14. The molecule has 2 fully saturated rings. The van der Waals surface area contributed by atoms with Gasteiger partial charge in [0.15, 0.2) is 0 Å². The molecule has 1 aliphatic carbocycles. The first-order valence-electron chi connectivity index (χ1n) is 8.12. The largest absolute Gasteiger partial charge is 0.339 e. The fourth-order valence-electron chi connectivity index (χ4n) is 3.75. The second-order valence-electron chi connectivity index (χ2n) is 6.50. The van der Waals surface area contributed by atoms with E-state index in [-0.39, 0.29) is 24.8 Å². The maximum atomic E-state index is 13.7. The highest BCUT2D eigenvalue weighted by atomic mass is 19.3. The van der Waals surface area contributed by atoms with E-state index < -0.39 is 11.8 Å².